The number of anilines is 1. The molecule has 6 nitrogen and oxygen atoms in total. The highest BCUT2D eigenvalue weighted by Crippen LogP contribution is 2.36. The van der Waals surface area contributed by atoms with Gasteiger partial charge in [-0.2, -0.15) is 0 Å². The number of aryl methyl sites for hydroxylation is 1. The van der Waals surface area contributed by atoms with Crippen LogP contribution < -0.4 is 10.6 Å². The smallest absolute Gasteiger partial charge is 0.237 e. The van der Waals surface area contributed by atoms with Crippen LogP contribution in [-0.2, 0) is 26.2 Å². The van der Waals surface area contributed by atoms with Crippen molar-refractivity contribution in [1.82, 2.24) is 10.3 Å². The molecule has 2 heterocycles. The lowest BCUT2D eigenvalue weighted by Gasteiger charge is -2.35. The molecule has 2 N–H and O–H groups in total. The standard InChI is InChI=1S/C21H23N3O3/c1-2-21(12-11-19(26)24-20(21)27)16-6-8-17(9-7-16)23-18(25)10-5-15-4-3-13-22-14-15/h3-4,6-9,13-14H,2,5,10-12H2,1H3,(H,23,25)(H,24,26,27). The molecule has 1 aromatic carbocycles. The first-order chi connectivity index (χ1) is 13.0. The zero-order valence-electron chi connectivity index (χ0n) is 15.3. The van der Waals surface area contributed by atoms with Crippen LogP contribution in [0.5, 0.6) is 0 Å². The van der Waals surface area contributed by atoms with Crippen molar-refractivity contribution >= 4 is 23.4 Å². The van der Waals surface area contributed by atoms with Crippen LogP contribution >= 0.6 is 0 Å². The molecular formula is C21H23N3O3. The normalized spacial score (nSPS) is 19.4. The average molecular weight is 365 g/mol. The quantitative estimate of drug-likeness (QED) is 0.771. The Morgan fingerprint density at radius 1 is 1.22 bits per heavy atom. The number of nitrogens with one attached hydrogen (secondary N) is 2. The Morgan fingerprint density at radius 3 is 2.63 bits per heavy atom. The molecule has 3 amide bonds. The maximum atomic E-state index is 12.4. The lowest BCUT2D eigenvalue weighted by molar-refractivity contribution is -0.138. The first-order valence-corrected chi connectivity index (χ1v) is 9.17. The molecule has 1 unspecified atom stereocenters. The van der Waals surface area contributed by atoms with E-state index >= 15 is 0 Å². The van der Waals surface area contributed by atoms with Crippen molar-refractivity contribution in [3.63, 3.8) is 0 Å². The molecule has 2 aromatic rings. The van der Waals surface area contributed by atoms with E-state index in [0.717, 1.165) is 11.1 Å². The summed E-state index contributed by atoms with van der Waals surface area (Å²) in [6, 6.07) is 11.1. The maximum Gasteiger partial charge on any atom is 0.237 e. The molecule has 0 bridgehead atoms. The van der Waals surface area contributed by atoms with Gasteiger partial charge in [0.1, 0.15) is 0 Å². The van der Waals surface area contributed by atoms with Crippen molar-refractivity contribution < 1.29 is 14.4 Å². The first kappa shape index (κ1) is 18.8. The van der Waals surface area contributed by atoms with E-state index in [9.17, 15) is 14.4 Å². The van der Waals surface area contributed by atoms with Crippen molar-refractivity contribution in [2.24, 2.45) is 0 Å². The molecular weight excluding hydrogens is 342 g/mol. The Morgan fingerprint density at radius 2 is 2.00 bits per heavy atom. The van der Waals surface area contributed by atoms with E-state index in [-0.39, 0.29) is 17.7 Å². The number of rotatable bonds is 6. The van der Waals surface area contributed by atoms with E-state index < -0.39 is 5.41 Å². The third kappa shape index (κ3) is 4.22. The highest BCUT2D eigenvalue weighted by molar-refractivity contribution is 6.03. The van der Waals surface area contributed by atoms with Gasteiger partial charge in [-0.05, 0) is 48.6 Å². The third-order valence-electron chi connectivity index (χ3n) is 5.15. The minimum atomic E-state index is -0.684. The van der Waals surface area contributed by atoms with Crippen molar-refractivity contribution in [3.8, 4) is 0 Å². The summed E-state index contributed by atoms with van der Waals surface area (Å²) in [7, 11) is 0. The number of carbonyl (C=O) groups excluding carboxylic acids is 3. The number of benzene rings is 1. The molecule has 0 saturated carbocycles. The molecule has 1 aliphatic heterocycles. The number of nitrogens with zero attached hydrogens (tertiary/aromatic N) is 1. The maximum absolute atomic E-state index is 12.4. The molecule has 0 spiro atoms. The van der Waals surface area contributed by atoms with Crippen LogP contribution in [0.3, 0.4) is 0 Å². The van der Waals surface area contributed by atoms with Crippen molar-refractivity contribution in [3.05, 3.63) is 59.9 Å². The van der Waals surface area contributed by atoms with Crippen LogP contribution in [-0.4, -0.2) is 22.7 Å². The van der Waals surface area contributed by atoms with Gasteiger partial charge in [0.05, 0.1) is 5.41 Å². The van der Waals surface area contributed by atoms with E-state index in [4.69, 9.17) is 0 Å². The highest BCUT2D eigenvalue weighted by Gasteiger charge is 2.42. The van der Waals surface area contributed by atoms with E-state index in [0.29, 0.717) is 37.8 Å². The molecule has 6 heteroatoms. The Balaban J connectivity index is 1.63. The minimum Gasteiger partial charge on any atom is -0.326 e. The Labute approximate surface area is 158 Å². The van der Waals surface area contributed by atoms with E-state index in [2.05, 4.69) is 15.6 Å². The fourth-order valence-electron chi connectivity index (χ4n) is 3.47. The summed E-state index contributed by atoms with van der Waals surface area (Å²) in [6.45, 7) is 1.95. The number of piperidine rings is 1. The fraction of sp³-hybridized carbons (Fsp3) is 0.333. The van der Waals surface area contributed by atoms with Crippen molar-refractivity contribution in [1.29, 1.82) is 0 Å². The highest BCUT2D eigenvalue weighted by atomic mass is 16.2. The topological polar surface area (TPSA) is 88.2 Å². The number of amides is 3. The van der Waals surface area contributed by atoms with E-state index in [1.807, 2.05) is 31.2 Å². The molecule has 1 aliphatic rings. The molecule has 1 aromatic heterocycles. The molecule has 1 saturated heterocycles. The van der Waals surface area contributed by atoms with Crippen molar-refractivity contribution in [2.75, 3.05) is 5.32 Å². The summed E-state index contributed by atoms with van der Waals surface area (Å²) in [5.41, 5.74) is 1.89. The minimum absolute atomic E-state index is 0.0715. The molecule has 0 aliphatic carbocycles. The van der Waals surface area contributed by atoms with Gasteiger partial charge in [0.15, 0.2) is 0 Å². The SMILES string of the molecule is CCC1(c2ccc(NC(=O)CCc3cccnc3)cc2)CCC(=O)NC1=O. The van der Waals surface area contributed by atoms with Gasteiger partial charge in [0, 0.05) is 30.9 Å². The second kappa shape index (κ2) is 8.12. The average Bonchev–Trinajstić information content (AvgIpc) is 2.69. The summed E-state index contributed by atoms with van der Waals surface area (Å²) < 4.78 is 0. The Bertz CT molecular complexity index is 834. The molecule has 3 rings (SSSR count). The monoisotopic (exact) mass is 365 g/mol. The van der Waals surface area contributed by atoms with Gasteiger partial charge in [0.2, 0.25) is 17.7 Å². The van der Waals surface area contributed by atoms with Crippen LogP contribution in [0.15, 0.2) is 48.8 Å². The molecule has 27 heavy (non-hydrogen) atoms. The Kier molecular flexibility index (Phi) is 5.64. The van der Waals surface area contributed by atoms with Crippen LogP contribution in [0.4, 0.5) is 5.69 Å². The van der Waals surface area contributed by atoms with Gasteiger partial charge in [-0.3, -0.25) is 24.7 Å². The summed E-state index contributed by atoms with van der Waals surface area (Å²) in [6.07, 6.45) is 5.92. The van der Waals surface area contributed by atoms with Gasteiger partial charge in [-0.1, -0.05) is 25.1 Å². The Hall–Kier alpha value is -3.02. The second-order valence-electron chi connectivity index (χ2n) is 6.80. The third-order valence-corrected chi connectivity index (χ3v) is 5.15. The summed E-state index contributed by atoms with van der Waals surface area (Å²) >= 11 is 0. The van der Waals surface area contributed by atoms with E-state index in [1.165, 1.54) is 0 Å². The molecule has 140 valence electrons. The van der Waals surface area contributed by atoms with Gasteiger partial charge in [-0.25, -0.2) is 0 Å². The summed E-state index contributed by atoms with van der Waals surface area (Å²) in [4.78, 5) is 40.1. The van der Waals surface area contributed by atoms with Crippen LogP contribution in [0, 0.1) is 0 Å². The second-order valence-corrected chi connectivity index (χ2v) is 6.80. The lowest BCUT2D eigenvalue weighted by atomic mass is 9.72. The van der Waals surface area contributed by atoms with Gasteiger partial charge >= 0.3 is 0 Å². The van der Waals surface area contributed by atoms with Crippen LogP contribution in [0.2, 0.25) is 0 Å². The summed E-state index contributed by atoms with van der Waals surface area (Å²) in [5.74, 6) is -0.533. The number of hydrogen-bond donors (Lipinski definition) is 2. The first-order valence-electron chi connectivity index (χ1n) is 9.17. The zero-order chi connectivity index (χ0) is 19.3. The largest absolute Gasteiger partial charge is 0.326 e. The number of imide groups is 1. The van der Waals surface area contributed by atoms with Crippen LogP contribution in [0.25, 0.3) is 0 Å². The fourth-order valence-corrected chi connectivity index (χ4v) is 3.47. The number of carbonyl (C=O) groups is 3. The zero-order valence-corrected chi connectivity index (χ0v) is 15.3. The number of aromatic nitrogens is 1. The molecule has 0 radical (unpaired) electrons. The van der Waals surface area contributed by atoms with E-state index in [1.54, 1.807) is 24.5 Å². The van der Waals surface area contributed by atoms with Gasteiger partial charge < -0.3 is 5.32 Å². The predicted octanol–water partition coefficient (Wildman–Crippen LogP) is 2.74. The summed E-state index contributed by atoms with van der Waals surface area (Å²) in [5, 5.41) is 5.32. The molecule has 1 fully saturated rings. The predicted molar refractivity (Wildman–Crippen MR) is 102 cm³/mol. The number of pyridine rings is 1. The number of hydrogen-bond acceptors (Lipinski definition) is 4. The molecule has 1 atom stereocenters. The van der Waals surface area contributed by atoms with Crippen LogP contribution in [0.1, 0.15) is 43.7 Å². The van der Waals surface area contributed by atoms with Crippen molar-refractivity contribution in [2.45, 2.75) is 44.4 Å². The lowest BCUT2D eigenvalue weighted by Crippen LogP contribution is -2.51. The van der Waals surface area contributed by atoms with Gasteiger partial charge in [0.25, 0.3) is 0 Å². The van der Waals surface area contributed by atoms with Gasteiger partial charge in [-0.15, -0.1) is 0 Å².